The first kappa shape index (κ1) is 21.6. The van der Waals surface area contributed by atoms with E-state index < -0.39 is 0 Å². The Morgan fingerprint density at radius 2 is 2.09 bits per heavy atom. The lowest BCUT2D eigenvalue weighted by atomic mass is 10.0. The second kappa shape index (κ2) is 9.27. The van der Waals surface area contributed by atoms with Crippen molar-refractivity contribution in [3.8, 4) is 11.5 Å². The van der Waals surface area contributed by atoms with Crippen molar-refractivity contribution in [2.45, 2.75) is 26.3 Å². The van der Waals surface area contributed by atoms with E-state index in [0.29, 0.717) is 34.8 Å². The van der Waals surface area contributed by atoms with E-state index in [-0.39, 0.29) is 30.9 Å². The summed E-state index contributed by atoms with van der Waals surface area (Å²) in [6, 6.07) is 10.3. The summed E-state index contributed by atoms with van der Waals surface area (Å²) in [5, 5.41) is 10.2. The van der Waals surface area contributed by atoms with Crippen molar-refractivity contribution in [3.05, 3.63) is 58.9 Å². The molecule has 0 saturated heterocycles. The van der Waals surface area contributed by atoms with Crippen LogP contribution in [0.4, 0.5) is 11.6 Å². The molecule has 3 aromatic rings. The number of carbonyl (C=O) groups excluding carboxylic acids is 2. The number of rotatable bonds is 7. The van der Waals surface area contributed by atoms with Crippen LogP contribution in [-0.2, 0) is 9.59 Å². The van der Waals surface area contributed by atoms with Crippen LogP contribution in [0.2, 0.25) is 5.02 Å². The highest BCUT2D eigenvalue weighted by atomic mass is 35.5. The van der Waals surface area contributed by atoms with Gasteiger partial charge in [0, 0.05) is 10.7 Å². The number of nitrogens with zero attached hydrogens (tertiary/aromatic N) is 3. The molecule has 0 spiro atoms. The molecular weight excluding hydrogens is 434 g/mol. The van der Waals surface area contributed by atoms with Gasteiger partial charge in [-0.2, -0.15) is 10.1 Å². The lowest BCUT2D eigenvalue weighted by molar-refractivity contribution is -0.118. The maximum atomic E-state index is 12.3. The number of amides is 2. The zero-order valence-corrected chi connectivity index (χ0v) is 18.3. The minimum Gasteiger partial charge on any atom is -0.490 e. The minimum atomic E-state index is -0.326. The van der Waals surface area contributed by atoms with Gasteiger partial charge in [-0.1, -0.05) is 23.7 Å². The van der Waals surface area contributed by atoms with E-state index in [4.69, 9.17) is 21.1 Å². The van der Waals surface area contributed by atoms with Crippen molar-refractivity contribution < 1.29 is 19.1 Å². The Morgan fingerprint density at radius 1 is 1.25 bits per heavy atom. The molecule has 10 heteroatoms. The van der Waals surface area contributed by atoms with Gasteiger partial charge >= 0.3 is 0 Å². The molecule has 1 aliphatic heterocycles. The van der Waals surface area contributed by atoms with Crippen LogP contribution < -0.4 is 20.1 Å². The van der Waals surface area contributed by atoms with E-state index >= 15 is 0 Å². The zero-order chi connectivity index (χ0) is 22.7. The van der Waals surface area contributed by atoms with Crippen molar-refractivity contribution in [1.82, 2.24) is 14.8 Å². The summed E-state index contributed by atoms with van der Waals surface area (Å²) in [5.41, 5.74) is 2.34. The number of hydrogen-bond acceptors (Lipinski definition) is 6. The third kappa shape index (κ3) is 4.67. The molecule has 32 heavy (non-hydrogen) atoms. The largest absolute Gasteiger partial charge is 0.490 e. The summed E-state index contributed by atoms with van der Waals surface area (Å²) >= 11 is 6.10. The molecule has 2 aromatic carbocycles. The van der Waals surface area contributed by atoms with Crippen LogP contribution in [0.1, 0.15) is 30.5 Å². The maximum Gasteiger partial charge on any atom is 0.262 e. The second-order valence-electron chi connectivity index (χ2n) is 7.24. The Kier molecular flexibility index (Phi) is 6.27. The fourth-order valence-corrected chi connectivity index (χ4v) is 3.58. The van der Waals surface area contributed by atoms with Gasteiger partial charge in [0.1, 0.15) is 6.33 Å². The molecule has 0 unspecified atom stereocenters. The van der Waals surface area contributed by atoms with Crippen LogP contribution in [-0.4, -0.2) is 39.8 Å². The minimum absolute atomic E-state index is 0.137. The Balaban J connectivity index is 1.48. The van der Waals surface area contributed by atoms with E-state index in [2.05, 4.69) is 20.7 Å². The van der Waals surface area contributed by atoms with Crippen molar-refractivity contribution in [2.75, 3.05) is 23.8 Å². The molecule has 2 N–H and O–H groups in total. The van der Waals surface area contributed by atoms with Gasteiger partial charge < -0.3 is 14.8 Å². The topological polar surface area (TPSA) is 107 Å². The first-order valence-corrected chi connectivity index (χ1v) is 10.5. The van der Waals surface area contributed by atoms with Gasteiger partial charge in [0.25, 0.3) is 5.91 Å². The number of nitrogens with one attached hydrogen (secondary N) is 2. The molecule has 1 atom stereocenters. The third-order valence-electron chi connectivity index (χ3n) is 4.96. The predicted molar refractivity (Wildman–Crippen MR) is 119 cm³/mol. The summed E-state index contributed by atoms with van der Waals surface area (Å²) in [5.74, 6) is 0.835. The van der Waals surface area contributed by atoms with Gasteiger partial charge in [-0.3, -0.25) is 14.9 Å². The molecule has 0 saturated carbocycles. The molecule has 2 heterocycles. The Labute approximate surface area is 189 Å². The SMILES string of the molecule is CCOc1cc([C@@H]2CC(=O)Nc3ncnn32)ccc1OCC(=O)Nc1ccc(C)c(Cl)c1. The number of aryl methyl sites for hydroxylation is 1. The van der Waals surface area contributed by atoms with Crippen molar-refractivity contribution in [1.29, 1.82) is 0 Å². The number of ether oxygens (including phenoxy) is 2. The highest BCUT2D eigenvalue weighted by molar-refractivity contribution is 6.31. The van der Waals surface area contributed by atoms with Crippen molar-refractivity contribution in [3.63, 3.8) is 0 Å². The lowest BCUT2D eigenvalue weighted by Crippen LogP contribution is -2.29. The van der Waals surface area contributed by atoms with Crippen LogP contribution in [0, 0.1) is 6.92 Å². The lowest BCUT2D eigenvalue weighted by Gasteiger charge is -2.24. The standard InChI is InChI=1S/C22H22ClN5O4/c1-3-31-19-8-14(17-10-20(29)27-22-24-12-25-28(17)22)5-7-18(19)32-11-21(30)26-15-6-4-13(2)16(23)9-15/h4-9,12,17H,3,10-11H2,1-2H3,(H,26,30)(H,24,25,27,29)/t17-/m0/s1. The second-order valence-corrected chi connectivity index (χ2v) is 7.64. The van der Waals surface area contributed by atoms with Gasteiger partial charge in [-0.05, 0) is 49.2 Å². The summed E-state index contributed by atoms with van der Waals surface area (Å²) in [4.78, 5) is 28.4. The number of halogens is 1. The smallest absolute Gasteiger partial charge is 0.262 e. The molecule has 166 valence electrons. The van der Waals surface area contributed by atoms with Crippen molar-refractivity contribution in [2.24, 2.45) is 0 Å². The van der Waals surface area contributed by atoms with Gasteiger partial charge in [0.15, 0.2) is 18.1 Å². The van der Waals surface area contributed by atoms with Crippen LogP contribution >= 0.6 is 11.6 Å². The molecule has 2 amide bonds. The van der Waals surface area contributed by atoms with E-state index in [1.807, 2.05) is 26.0 Å². The molecular formula is C22H22ClN5O4. The number of carbonyl (C=O) groups is 2. The van der Waals surface area contributed by atoms with E-state index in [1.165, 1.54) is 6.33 Å². The summed E-state index contributed by atoms with van der Waals surface area (Å²) in [7, 11) is 0. The Hall–Kier alpha value is -3.59. The van der Waals surface area contributed by atoms with Gasteiger partial charge in [-0.15, -0.1) is 0 Å². The Morgan fingerprint density at radius 3 is 2.88 bits per heavy atom. The fraction of sp³-hybridized carbons (Fsp3) is 0.273. The zero-order valence-electron chi connectivity index (χ0n) is 17.6. The molecule has 0 radical (unpaired) electrons. The monoisotopic (exact) mass is 455 g/mol. The van der Waals surface area contributed by atoms with Gasteiger partial charge in [0.2, 0.25) is 11.9 Å². The summed E-state index contributed by atoms with van der Waals surface area (Å²) in [6.45, 7) is 3.95. The van der Waals surface area contributed by atoms with E-state index in [9.17, 15) is 9.59 Å². The number of aromatic nitrogens is 3. The normalized spacial score (nSPS) is 15.0. The molecule has 0 aliphatic carbocycles. The molecule has 4 rings (SSSR count). The number of fused-ring (bicyclic) bond motifs is 1. The fourth-order valence-electron chi connectivity index (χ4n) is 3.39. The van der Waals surface area contributed by atoms with Crippen molar-refractivity contribution >= 4 is 35.1 Å². The van der Waals surface area contributed by atoms with Crippen LogP contribution in [0.5, 0.6) is 11.5 Å². The first-order chi connectivity index (χ1) is 15.4. The number of anilines is 2. The summed E-state index contributed by atoms with van der Waals surface area (Å²) < 4.78 is 13.1. The van der Waals surface area contributed by atoms with Crippen LogP contribution in [0.25, 0.3) is 0 Å². The van der Waals surface area contributed by atoms with E-state index in [0.717, 1.165) is 11.1 Å². The van der Waals surface area contributed by atoms with E-state index in [1.54, 1.807) is 28.9 Å². The molecule has 1 aliphatic rings. The quantitative estimate of drug-likeness (QED) is 0.563. The average molecular weight is 456 g/mol. The van der Waals surface area contributed by atoms with Crippen LogP contribution in [0.15, 0.2) is 42.7 Å². The Bertz CT molecular complexity index is 1160. The summed E-state index contributed by atoms with van der Waals surface area (Å²) in [6.07, 6.45) is 1.62. The molecule has 1 aromatic heterocycles. The highest BCUT2D eigenvalue weighted by Crippen LogP contribution is 2.35. The number of benzene rings is 2. The van der Waals surface area contributed by atoms with Gasteiger partial charge in [0.05, 0.1) is 19.1 Å². The predicted octanol–water partition coefficient (Wildman–Crippen LogP) is 3.59. The highest BCUT2D eigenvalue weighted by Gasteiger charge is 2.28. The molecule has 0 bridgehead atoms. The van der Waals surface area contributed by atoms with Gasteiger partial charge in [-0.25, -0.2) is 4.68 Å². The molecule has 9 nitrogen and oxygen atoms in total. The van der Waals surface area contributed by atoms with Crippen LogP contribution in [0.3, 0.4) is 0 Å². The first-order valence-electron chi connectivity index (χ1n) is 10.1. The number of hydrogen-bond donors (Lipinski definition) is 2. The maximum absolute atomic E-state index is 12.3. The average Bonchev–Trinajstić information content (AvgIpc) is 3.23. The third-order valence-corrected chi connectivity index (χ3v) is 5.37. The molecule has 0 fully saturated rings.